The fourth-order valence-corrected chi connectivity index (χ4v) is 3.41. The number of hydrogen-bond donors (Lipinski definition) is 1. The molecule has 25 heavy (non-hydrogen) atoms. The van der Waals surface area contributed by atoms with Gasteiger partial charge in [0.15, 0.2) is 0 Å². The van der Waals surface area contributed by atoms with E-state index in [1.165, 1.54) is 0 Å². The van der Waals surface area contributed by atoms with Crippen molar-refractivity contribution in [2.45, 2.75) is 6.10 Å². The van der Waals surface area contributed by atoms with E-state index in [2.05, 4.69) is 25.8 Å². The second-order valence-corrected chi connectivity index (χ2v) is 6.43. The Morgan fingerprint density at radius 3 is 2.40 bits per heavy atom. The summed E-state index contributed by atoms with van der Waals surface area (Å²) in [5, 5.41) is 11.5. The van der Waals surface area contributed by atoms with Gasteiger partial charge in [-0.15, -0.1) is 0 Å². The molecule has 128 valence electrons. The smallest absolute Gasteiger partial charge is 0.139 e. The maximum Gasteiger partial charge on any atom is 0.139 e. The zero-order valence-electron chi connectivity index (χ0n) is 14.1. The largest absolute Gasteiger partial charge is 0.387 e. The lowest BCUT2D eigenvalue weighted by molar-refractivity contribution is 0.109. The summed E-state index contributed by atoms with van der Waals surface area (Å²) in [4.78, 5) is 13.5. The number of para-hydroxylation sites is 1. The fraction of sp³-hybridized carbons (Fsp3) is 0.300. The molecule has 1 fully saturated rings. The van der Waals surface area contributed by atoms with Gasteiger partial charge in [0.2, 0.25) is 0 Å². The standard InChI is InChI=1S/C20H22N4O/c25-19(16-6-2-1-3-7-16)14-23-10-12-24(13-11-23)20-17-8-4-5-9-18(17)21-15-22-20/h1-9,15,19,25H,10-14H2/t19-/m1/s1. The molecule has 3 aromatic rings. The SMILES string of the molecule is O[C@H](CN1CCN(c2ncnc3ccccc23)CC1)c1ccccc1. The lowest BCUT2D eigenvalue weighted by Gasteiger charge is -2.36. The Bertz CT molecular complexity index is 826. The Hall–Kier alpha value is -2.50. The van der Waals surface area contributed by atoms with E-state index in [0.717, 1.165) is 48.5 Å². The highest BCUT2D eigenvalue weighted by Gasteiger charge is 2.21. The van der Waals surface area contributed by atoms with Gasteiger partial charge in [-0.2, -0.15) is 0 Å². The molecule has 0 saturated carbocycles. The van der Waals surface area contributed by atoms with Crippen molar-refractivity contribution in [3.8, 4) is 0 Å². The van der Waals surface area contributed by atoms with E-state index in [1.54, 1.807) is 6.33 Å². The minimum absolute atomic E-state index is 0.437. The topological polar surface area (TPSA) is 52.5 Å². The summed E-state index contributed by atoms with van der Waals surface area (Å²) in [6, 6.07) is 18.0. The van der Waals surface area contributed by atoms with E-state index in [0.29, 0.717) is 6.54 Å². The average molecular weight is 334 g/mol. The number of fused-ring (bicyclic) bond motifs is 1. The molecule has 4 rings (SSSR count). The van der Waals surface area contributed by atoms with Gasteiger partial charge in [-0.05, 0) is 17.7 Å². The van der Waals surface area contributed by atoms with Gasteiger partial charge in [0.25, 0.3) is 0 Å². The van der Waals surface area contributed by atoms with Gasteiger partial charge in [0, 0.05) is 38.1 Å². The van der Waals surface area contributed by atoms with E-state index in [1.807, 2.05) is 48.5 Å². The van der Waals surface area contributed by atoms with Crippen LogP contribution >= 0.6 is 0 Å². The summed E-state index contributed by atoms with van der Waals surface area (Å²) in [6.07, 6.45) is 1.20. The molecule has 0 bridgehead atoms. The number of aromatic nitrogens is 2. The molecular formula is C20H22N4O. The molecule has 1 atom stereocenters. The fourth-order valence-electron chi connectivity index (χ4n) is 3.41. The third kappa shape index (κ3) is 3.48. The Balaban J connectivity index is 1.41. The van der Waals surface area contributed by atoms with Crippen LogP contribution in [0.4, 0.5) is 5.82 Å². The van der Waals surface area contributed by atoms with E-state index in [-0.39, 0.29) is 0 Å². The quantitative estimate of drug-likeness (QED) is 0.794. The maximum atomic E-state index is 10.4. The number of hydrogen-bond acceptors (Lipinski definition) is 5. The third-order valence-corrected chi connectivity index (χ3v) is 4.81. The zero-order chi connectivity index (χ0) is 17.1. The highest BCUT2D eigenvalue weighted by Crippen LogP contribution is 2.24. The molecule has 5 nitrogen and oxygen atoms in total. The van der Waals surface area contributed by atoms with Crippen molar-refractivity contribution in [2.24, 2.45) is 0 Å². The molecule has 0 spiro atoms. The third-order valence-electron chi connectivity index (χ3n) is 4.81. The van der Waals surface area contributed by atoms with Gasteiger partial charge in [-0.3, -0.25) is 4.90 Å². The summed E-state index contributed by atoms with van der Waals surface area (Å²) < 4.78 is 0. The Morgan fingerprint density at radius 2 is 1.60 bits per heavy atom. The number of aliphatic hydroxyl groups is 1. The molecule has 0 unspecified atom stereocenters. The van der Waals surface area contributed by atoms with Crippen molar-refractivity contribution in [1.29, 1.82) is 0 Å². The van der Waals surface area contributed by atoms with Crippen LogP contribution in [0, 0.1) is 0 Å². The van der Waals surface area contributed by atoms with Crippen molar-refractivity contribution in [3.05, 3.63) is 66.5 Å². The highest BCUT2D eigenvalue weighted by atomic mass is 16.3. The van der Waals surface area contributed by atoms with E-state index >= 15 is 0 Å². The number of benzene rings is 2. The molecule has 2 heterocycles. The van der Waals surface area contributed by atoms with Crippen LogP contribution in [0.25, 0.3) is 10.9 Å². The van der Waals surface area contributed by atoms with Crippen LogP contribution in [0.2, 0.25) is 0 Å². The Morgan fingerprint density at radius 1 is 0.880 bits per heavy atom. The van der Waals surface area contributed by atoms with Crippen molar-refractivity contribution >= 4 is 16.7 Å². The van der Waals surface area contributed by atoms with Crippen LogP contribution in [0.1, 0.15) is 11.7 Å². The first-order valence-corrected chi connectivity index (χ1v) is 8.71. The molecule has 1 aliphatic rings. The van der Waals surface area contributed by atoms with Crippen molar-refractivity contribution in [1.82, 2.24) is 14.9 Å². The molecule has 1 aromatic heterocycles. The van der Waals surface area contributed by atoms with Gasteiger partial charge in [-0.25, -0.2) is 9.97 Å². The first-order valence-electron chi connectivity index (χ1n) is 8.71. The lowest BCUT2D eigenvalue weighted by Crippen LogP contribution is -2.47. The van der Waals surface area contributed by atoms with Gasteiger partial charge in [0.05, 0.1) is 11.6 Å². The Kier molecular flexibility index (Phi) is 4.59. The maximum absolute atomic E-state index is 10.4. The molecule has 0 amide bonds. The van der Waals surface area contributed by atoms with E-state index in [4.69, 9.17) is 0 Å². The minimum atomic E-state index is -0.437. The van der Waals surface area contributed by atoms with Crippen LogP contribution < -0.4 is 4.90 Å². The van der Waals surface area contributed by atoms with Gasteiger partial charge in [-0.1, -0.05) is 42.5 Å². The monoisotopic (exact) mass is 334 g/mol. The summed E-state index contributed by atoms with van der Waals surface area (Å²) >= 11 is 0. The van der Waals surface area contributed by atoms with Gasteiger partial charge in [0.1, 0.15) is 12.1 Å². The highest BCUT2D eigenvalue weighted by molar-refractivity contribution is 5.89. The number of anilines is 1. The molecule has 5 heteroatoms. The molecule has 2 aromatic carbocycles. The Labute approximate surface area is 147 Å². The summed E-state index contributed by atoms with van der Waals surface area (Å²) in [5.41, 5.74) is 1.96. The van der Waals surface area contributed by atoms with Crippen LogP contribution in [-0.2, 0) is 0 Å². The van der Waals surface area contributed by atoms with Crippen LogP contribution in [-0.4, -0.2) is 52.7 Å². The predicted molar refractivity (Wildman–Crippen MR) is 99.6 cm³/mol. The number of piperazine rings is 1. The van der Waals surface area contributed by atoms with Crippen molar-refractivity contribution < 1.29 is 5.11 Å². The number of β-amino-alcohol motifs (C(OH)–C–C–N with tert-alkyl or cyclic N) is 1. The van der Waals surface area contributed by atoms with Crippen molar-refractivity contribution in [3.63, 3.8) is 0 Å². The van der Waals surface area contributed by atoms with Gasteiger partial charge >= 0.3 is 0 Å². The second kappa shape index (κ2) is 7.17. The summed E-state index contributed by atoms with van der Waals surface area (Å²) in [5.74, 6) is 1.01. The lowest BCUT2D eigenvalue weighted by atomic mass is 10.1. The van der Waals surface area contributed by atoms with Crippen LogP contribution in [0.15, 0.2) is 60.9 Å². The van der Waals surface area contributed by atoms with Crippen LogP contribution in [0.5, 0.6) is 0 Å². The number of aliphatic hydroxyl groups excluding tert-OH is 1. The summed E-state index contributed by atoms with van der Waals surface area (Å²) in [7, 11) is 0. The van der Waals surface area contributed by atoms with E-state index < -0.39 is 6.10 Å². The summed E-state index contributed by atoms with van der Waals surface area (Å²) in [6.45, 7) is 4.32. The first kappa shape index (κ1) is 16.0. The van der Waals surface area contributed by atoms with E-state index in [9.17, 15) is 5.11 Å². The molecule has 1 saturated heterocycles. The van der Waals surface area contributed by atoms with Crippen molar-refractivity contribution in [2.75, 3.05) is 37.6 Å². The van der Waals surface area contributed by atoms with Gasteiger partial charge < -0.3 is 10.0 Å². The number of nitrogens with zero attached hydrogens (tertiary/aromatic N) is 4. The number of rotatable bonds is 4. The zero-order valence-corrected chi connectivity index (χ0v) is 14.1. The molecule has 1 aliphatic heterocycles. The minimum Gasteiger partial charge on any atom is -0.387 e. The second-order valence-electron chi connectivity index (χ2n) is 6.43. The molecule has 0 aliphatic carbocycles. The molecule has 1 N–H and O–H groups in total. The van der Waals surface area contributed by atoms with Crippen LogP contribution in [0.3, 0.4) is 0 Å². The average Bonchev–Trinajstić information content (AvgIpc) is 2.69. The first-order chi connectivity index (χ1) is 12.3. The predicted octanol–water partition coefficient (Wildman–Crippen LogP) is 2.49. The molecular weight excluding hydrogens is 312 g/mol. The normalized spacial score (nSPS) is 16.9. The molecule has 0 radical (unpaired) electrons.